The highest BCUT2D eigenvalue weighted by Crippen LogP contribution is 2.30. The summed E-state index contributed by atoms with van der Waals surface area (Å²) < 4.78 is 12.1. The van der Waals surface area contributed by atoms with Gasteiger partial charge in [0.1, 0.15) is 11.6 Å². The number of hydrogen-bond acceptors (Lipinski definition) is 6. The molecule has 0 radical (unpaired) electrons. The van der Waals surface area contributed by atoms with Crippen LogP contribution in [0.1, 0.15) is 49.8 Å². The summed E-state index contributed by atoms with van der Waals surface area (Å²) in [4.78, 5) is 32.9. The van der Waals surface area contributed by atoms with E-state index in [-0.39, 0.29) is 17.1 Å². The van der Waals surface area contributed by atoms with Crippen molar-refractivity contribution in [2.45, 2.75) is 53.1 Å². The van der Waals surface area contributed by atoms with Crippen LogP contribution in [-0.4, -0.2) is 31.3 Å². The quantitative estimate of drug-likeness (QED) is 0.271. The molecule has 41 heavy (non-hydrogen) atoms. The van der Waals surface area contributed by atoms with Gasteiger partial charge in [-0.05, 0) is 68.1 Å². The molecule has 212 valence electrons. The van der Waals surface area contributed by atoms with Crippen molar-refractivity contribution in [3.63, 3.8) is 0 Å². The zero-order valence-corrected chi connectivity index (χ0v) is 23.6. The second kappa shape index (κ2) is 12.6. The Morgan fingerprint density at radius 1 is 0.951 bits per heavy atom. The van der Waals surface area contributed by atoms with E-state index in [4.69, 9.17) is 14.2 Å². The topological polar surface area (TPSA) is 135 Å². The first-order valence-electron chi connectivity index (χ1n) is 13.5. The van der Waals surface area contributed by atoms with E-state index >= 15 is 0 Å². The predicted molar refractivity (Wildman–Crippen MR) is 159 cm³/mol. The molecule has 0 aliphatic rings. The Kier molecular flexibility index (Phi) is 8.99. The predicted octanol–water partition coefficient (Wildman–Crippen LogP) is 5.06. The number of nitrogens with zero attached hydrogens (tertiary/aromatic N) is 3. The van der Waals surface area contributed by atoms with Crippen LogP contribution in [0.25, 0.3) is 28.2 Å². The van der Waals surface area contributed by atoms with Gasteiger partial charge < -0.3 is 10.2 Å². The minimum Gasteiger partial charge on any atom is -0.491 e. The Balaban J connectivity index is 0.00000387. The molecule has 0 saturated heterocycles. The maximum atomic E-state index is 13.9. The van der Waals surface area contributed by atoms with Crippen LogP contribution in [0.4, 0.5) is 0 Å². The monoisotopic (exact) mass is 554 g/mol. The van der Waals surface area contributed by atoms with Crippen molar-refractivity contribution in [3.05, 3.63) is 116 Å². The molecule has 0 bridgehead atoms. The lowest BCUT2D eigenvalue weighted by molar-refractivity contribution is 0.242. The van der Waals surface area contributed by atoms with E-state index in [9.17, 15) is 9.59 Å². The first kappa shape index (κ1) is 29.2. The first-order chi connectivity index (χ1) is 19.3. The van der Waals surface area contributed by atoms with Crippen molar-refractivity contribution < 1.29 is 14.7 Å². The van der Waals surface area contributed by atoms with E-state index in [0.29, 0.717) is 23.6 Å². The van der Waals surface area contributed by atoms with E-state index < -0.39 is 5.76 Å². The number of aryl methyl sites for hydroxylation is 2. The van der Waals surface area contributed by atoms with Crippen LogP contribution in [0.15, 0.2) is 86.9 Å². The molecule has 3 N–H and O–H groups in total. The van der Waals surface area contributed by atoms with Gasteiger partial charge in [0.15, 0.2) is 5.82 Å². The SMILES string of the molecule is CCCc1nc(C)n(-c2ccc(OC(C)C)cc2)c(=O)c1Cc1ccc(-c2ccccc2-c2noc(=O)[nH]2)cc1.O. The molecule has 0 saturated carbocycles. The molecule has 0 fully saturated rings. The van der Waals surface area contributed by atoms with Crippen molar-refractivity contribution in [1.82, 2.24) is 19.7 Å². The number of H-pyrrole nitrogens is 1. The van der Waals surface area contributed by atoms with Gasteiger partial charge in [0.05, 0.1) is 17.5 Å². The van der Waals surface area contributed by atoms with Crippen molar-refractivity contribution in [3.8, 4) is 34.0 Å². The van der Waals surface area contributed by atoms with Gasteiger partial charge in [0.2, 0.25) is 0 Å². The Morgan fingerprint density at radius 3 is 2.24 bits per heavy atom. The minimum absolute atomic E-state index is 0. The zero-order chi connectivity index (χ0) is 28.2. The second-order valence-corrected chi connectivity index (χ2v) is 10.00. The Morgan fingerprint density at radius 2 is 1.63 bits per heavy atom. The van der Waals surface area contributed by atoms with Crippen molar-refractivity contribution >= 4 is 0 Å². The smallest absolute Gasteiger partial charge is 0.439 e. The molecular formula is C32H34N4O5. The normalized spacial score (nSPS) is 11.0. The van der Waals surface area contributed by atoms with Crippen LogP contribution in [-0.2, 0) is 12.8 Å². The molecule has 0 amide bonds. The maximum Gasteiger partial charge on any atom is 0.439 e. The van der Waals surface area contributed by atoms with Gasteiger partial charge in [-0.1, -0.05) is 67.0 Å². The molecule has 5 rings (SSSR count). The van der Waals surface area contributed by atoms with Crippen LogP contribution >= 0.6 is 0 Å². The second-order valence-electron chi connectivity index (χ2n) is 10.00. The third kappa shape index (κ3) is 6.36. The van der Waals surface area contributed by atoms with Crippen LogP contribution in [0.5, 0.6) is 5.75 Å². The summed E-state index contributed by atoms with van der Waals surface area (Å²) in [6.07, 6.45) is 2.16. The minimum atomic E-state index is -0.597. The van der Waals surface area contributed by atoms with Gasteiger partial charge in [-0.3, -0.25) is 18.9 Å². The summed E-state index contributed by atoms with van der Waals surface area (Å²) in [6, 6.07) is 23.3. The number of hydrogen-bond donors (Lipinski definition) is 1. The highest BCUT2D eigenvalue weighted by atomic mass is 16.5. The van der Waals surface area contributed by atoms with Crippen molar-refractivity contribution in [2.75, 3.05) is 0 Å². The zero-order valence-electron chi connectivity index (χ0n) is 23.6. The molecule has 0 unspecified atom stereocenters. The molecule has 3 aromatic carbocycles. The fraction of sp³-hybridized carbons (Fsp3) is 0.250. The molecule has 9 nitrogen and oxygen atoms in total. The van der Waals surface area contributed by atoms with Gasteiger partial charge in [0, 0.05) is 17.5 Å². The Hall–Kier alpha value is -4.76. The average molecular weight is 555 g/mol. The Labute approximate surface area is 237 Å². The summed E-state index contributed by atoms with van der Waals surface area (Å²) in [5.74, 6) is 1.20. The van der Waals surface area contributed by atoms with E-state index in [0.717, 1.165) is 52.2 Å². The Bertz CT molecular complexity index is 1730. The summed E-state index contributed by atoms with van der Waals surface area (Å²) in [5.41, 5.74) is 5.87. The summed E-state index contributed by atoms with van der Waals surface area (Å²) in [5, 5.41) is 3.85. The van der Waals surface area contributed by atoms with Crippen LogP contribution in [0.2, 0.25) is 0 Å². The average Bonchev–Trinajstić information content (AvgIpc) is 3.38. The number of aromatic amines is 1. The van der Waals surface area contributed by atoms with E-state index in [1.54, 1.807) is 4.57 Å². The highest BCUT2D eigenvalue weighted by molar-refractivity contribution is 5.80. The molecular weight excluding hydrogens is 520 g/mol. The fourth-order valence-corrected chi connectivity index (χ4v) is 4.88. The van der Waals surface area contributed by atoms with E-state index in [1.807, 2.05) is 93.6 Å². The van der Waals surface area contributed by atoms with Gasteiger partial charge >= 0.3 is 5.76 Å². The third-order valence-corrected chi connectivity index (χ3v) is 6.65. The van der Waals surface area contributed by atoms with E-state index in [1.165, 1.54) is 0 Å². The maximum absolute atomic E-state index is 13.9. The molecule has 5 aromatic rings. The highest BCUT2D eigenvalue weighted by Gasteiger charge is 2.17. The number of nitrogens with one attached hydrogen (secondary N) is 1. The molecule has 0 spiro atoms. The summed E-state index contributed by atoms with van der Waals surface area (Å²) in [7, 11) is 0. The lowest BCUT2D eigenvalue weighted by atomic mass is 9.96. The summed E-state index contributed by atoms with van der Waals surface area (Å²) >= 11 is 0. The molecule has 2 heterocycles. The van der Waals surface area contributed by atoms with Gasteiger partial charge in [-0.25, -0.2) is 9.78 Å². The van der Waals surface area contributed by atoms with Gasteiger partial charge in [0.25, 0.3) is 5.56 Å². The third-order valence-electron chi connectivity index (χ3n) is 6.65. The van der Waals surface area contributed by atoms with Crippen LogP contribution < -0.4 is 16.1 Å². The van der Waals surface area contributed by atoms with Crippen molar-refractivity contribution in [1.29, 1.82) is 0 Å². The molecule has 2 aromatic heterocycles. The van der Waals surface area contributed by atoms with Crippen molar-refractivity contribution in [2.24, 2.45) is 0 Å². The number of benzene rings is 3. The van der Waals surface area contributed by atoms with Crippen LogP contribution in [0, 0.1) is 6.92 Å². The van der Waals surface area contributed by atoms with Crippen LogP contribution in [0.3, 0.4) is 0 Å². The lowest BCUT2D eigenvalue weighted by Gasteiger charge is -2.16. The largest absolute Gasteiger partial charge is 0.491 e. The fourth-order valence-electron chi connectivity index (χ4n) is 4.88. The van der Waals surface area contributed by atoms with E-state index in [2.05, 4.69) is 17.1 Å². The standard InChI is InChI=1S/C32H32N4O4.H2O/c1-5-8-29-28(31(37)36(21(4)33-29)24-15-17-25(18-16-24)39-20(2)3)19-22-11-13-23(14-12-22)26-9-6-7-10-27(26)30-34-32(38)40-35-30;/h6-7,9-18,20H,5,8,19H2,1-4H3,(H,34,35,38);1H2. The first-order valence-corrected chi connectivity index (χ1v) is 13.5. The van der Waals surface area contributed by atoms with Gasteiger partial charge in [-0.2, -0.15) is 0 Å². The number of rotatable bonds is 9. The molecule has 0 aliphatic carbocycles. The van der Waals surface area contributed by atoms with Gasteiger partial charge in [-0.15, -0.1) is 0 Å². The lowest BCUT2D eigenvalue weighted by Crippen LogP contribution is -2.28. The molecule has 0 aliphatic heterocycles. The summed E-state index contributed by atoms with van der Waals surface area (Å²) in [6.45, 7) is 7.93. The number of aromatic nitrogens is 4. The number of ether oxygens (including phenoxy) is 1. The molecule has 9 heteroatoms. The molecule has 0 atom stereocenters.